The standard InChI is InChI=1S/C25H29NO/c1-18-10-9-15-24-16-22(27)23(2,3)25(18,24)26(17-19-11-5-4-6-12-19)21-14-8-7-13-20(21)24/h4-8,11-14,18H,9-10,15-17H2,1-3H3/t18-,24?,25?/m1/s1. The van der Waals surface area contributed by atoms with Crippen LogP contribution in [0.5, 0.6) is 0 Å². The van der Waals surface area contributed by atoms with Gasteiger partial charge in [-0.25, -0.2) is 0 Å². The van der Waals surface area contributed by atoms with Gasteiger partial charge in [0.2, 0.25) is 0 Å². The van der Waals surface area contributed by atoms with Gasteiger partial charge in [0.05, 0.1) is 5.54 Å². The Labute approximate surface area is 162 Å². The number of Topliss-reactive ketones (excluding diaryl/α,β-unsaturated/α-hetero) is 1. The van der Waals surface area contributed by atoms with Gasteiger partial charge in [0.15, 0.2) is 0 Å². The Hall–Kier alpha value is -2.09. The lowest BCUT2D eigenvalue weighted by Crippen LogP contribution is -2.67. The third-order valence-electron chi connectivity index (χ3n) is 8.12. The summed E-state index contributed by atoms with van der Waals surface area (Å²) >= 11 is 0. The Morgan fingerprint density at radius 1 is 1.04 bits per heavy atom. The summed E-state index contributed by atoms with van der Waals surface area (Å²) in [5.74, 6) is 0.938. The average Bonchev–Trinajstić information content (AvgIpc) is 3.02. The van der Waals surface area contributed by atoms with Crippen LogP contribution < -0.4 is 4.90 Å². The van der Waals surface area contributed by atoms with Crippen LogP contribution >= 0.6 is 0 Å². The van der Waals surface area contributed by atoms with E-state index in [1.165, 1.54) is 29.7 Å². The highest BCUT2D eigenvalue weighted by Gasteiger charge is 2.76. The Kier molecular flexibility index (Phi) is 3.45. The minimum atomic E-state index is -0.347. The van der Waals surface area contributed by atoms with Gasteiger partial charge in [-0.3, -0.25) is 4.79 Å². The van der Waals surface area contributed by atoms with Crippen molar-refractivity contribution in [2.45, 2.75) is 64.0 Å². The van der Waals surface area contributed by atoms with E-state index in [-0.39, 0.29) is 16.4 Å². The normalized spacial score (nSPS) is 33.5. The summed E-state index contributed by atoms with van der Waals surface area (Å²) in [4.78, 5) is 16.0. The fourth-order valence-electron chi connectivity index (χ4n) is 7.30. The number of anilines is 1. The maximum Gasteiger partial charge on any atom is 0.141 e. The van der Waals surface area contributed by atoms with Gasteiger partial charge >= 0.3 is 0 Å². The molecule has 5 rings (SSSR count). The first-order valence-electron chi connectivity index (χ1n) is 10.4. The number of fused-ring (bicyclic) bond motifs is 1. The summed E-state index contributed by atoms with van der Waals surface area (Å²) in [6.07, 6.45) is 4.26. The van der Waals surface area contributed by atoms with Gasteiger partial charge in [-0.05, 0) is 36.0 Å². The molecule has 0 radical (unpaired) electrons. The monoisotopic (exact) mass is 359 g/mol. The topological polar surface area (TPSA) is 20.3 Å². The van der Waals surface area contributed by atoms with Crippen molar-refractivity contribution in [1.82, 2.24) is 0 Å². The molecule has 0 spiro atoms. The number of hydrogen-bond acceptors (Lipinski definition) is 2. The van der Waals surface area contributed by atoms with Crippen LogP contribution in [0.4, 0.5) is 5.69 Å². The van der Waals surface area contributed by atoms with Gasteiger partial charge in [-0.1, -0.05) is 75.7 Å². The summed E-state index contributed by atoms with van der Waals surface area (Å²) in [5.41, 5.74) is 3.60. The smallest absolute Gasteiger partial charge is 0.141 e. The number of hydrogen-bond donors (Lipinski definition) is 0. The van der Waals surface area contributed by atoms with Crippen molar-refractivity contribution in [1.29, 1.82) is 0 Å². The number of ketones is 1. The predicted molar refractivity (Wildman–Crippen MR) is 110 cm³/mol. The van der Waals surface area contributed by atoms with Gasteiger partial charge in [0.1, 0.15) is 5.78 Å². The van der Waals surface area contributed by atoms with Crippen molar-refractivity contribution < 1.29 is 4.79 Å². The first kappa shape index (κ1) is 17.0. The fourth-order valence-corrected chi connectivity index (χ4v) is 7.30. The fraction of sp³-hybridized carbons (Fsp3) is 0.480. The van der Waals surface area contributed by atoms with Crippen molar-refractivity contribution in [3.63, 3.8) is 0 Å². The van der Waals surface area contributed by atoms with Crippen LogP contribution in [0, 0.1) is 11.3 Å². The highest BCUT2D eigenvalue weighted by Crippen LogP contribution is 2.72. The number of para-hydroxylation sites is 1. The van der Waals surface area contributed by atoms with E-state index in [4.69, 9.17) is 0 Å². The number of carbonyl (C=O) groups is 1. The molecule has 140 valence electrons. The molecule has 2 aromatic carbocycles. The Morgan fingerprint density at radius 3 is 2.52 bits per heavy atom. The molecule has 0 amide bonds. The summed E-state index contributed by atoms with van der Waals surface area (Å²) in [6, 6.07) is 19.7. The summed E-state index contributed by atoms with van der Waals surface area (Å²) in [7, 11) is 0. The first-order valence-corrected chi connectivity index (χ1v) is 10.4. The molecule has 3 atom stereocenters. The molecule has 0 saturated heterocycles. The van der Waals surface area contributed by atoms with Crippen LogP contribution in [-0.4, -0.2) is 11.3 Å². The van der Waals surface area contributed by atoms with E-state index in [0.717, 1.165) is 13.0 Å². The zero-order chi connectivity index (χ0) is 18.9. The van der Waals surface area contributed by atoms with Crippen LogP contribution in [-0.2, 0) is 16.8 Å². The maximum absolute atomic E-state index is 13.4. The summed E-state index contributed by atoms with van der Waals surface area (Å²) < 4.78 is 0. The highest BCUT2D eigenvalue weighted by molar-refractivity contribution is 5.95. The zero-order valence-electron chi connectivity index (χ0n) is 16.7. The molecule has 2 unspecified atom stereocenters. The van der Waals surface area contributed by atoms with Gasteiger partial charge < -0.3 is 4.90 Å². The number of benzene rings is 2. The second-order valence-electron chi connectivity index (χ2n) is 9.46. The molecule has 2 saturated carbocycles. The molecule has 27 heavy (non-hydrogen) atoms. The third kappa shape index (κ3) is 1.84. The largest absolute Gasteiger partial charge is 0.359 e. The van der Waals surface area contributed by atoms with Crippen molar-refractivity contribution in [3.8, 4) is 0 Å². The quantitative estimate of drug-likeness (QED) is 0.705. The molecular formula is C25H29NO. The first-order chi connectivity index (χ1) is 12.9. The lowest BCUT2D eigenvalue weighted by Gasteiger charge is -2.59. The molecule has 0 aromatic heterocycles. The minimum Gasteiger partial charge on any atom is -0.359 e. The van der Waals surface area contributed by atoms with Gasteiger partial charge in [0.25, 0.3) is 0 Å². The highest BCUT2D eigenvalue weighted by atomic mass is 16.1. The Morgan fingerprint density at radius 2 is 1.74 bits per heavy atom. The van der Waals surface area contributed by atoms with Crippen molar-refractivity contribution in [2.75, 3.05) is 4.90 Å². The Bertz CT molecular complexity index is 902. The van der Waals surface area contributed by atoms with Crippen LogP contribution in [0.15, 0.2) is 54.6 Å². The van der Waals surface area contributed by atoms with E-state index in [0.29, 0.717) is 18.1 Å². The molecular weight excluding hydrogens is 330 g/mol. The van der Waals surface area contributed by atoms with Crippen LogP contribution in [0.2, 0.25) is 0 Å². The minimum absolute atomic E-state index is 0.0311. The van der Waals surface area contributed by atoms with Crippen molar-refractivity contribution in [3.05, 3.63) is 65.7 Å². The second-order valence-corrected chi connectivity index (χ2v) is 9.46. The van der Waals surface area contributed by atoms with Crippen molar-refractivity contribution >= 4 is 11.5 Å². The van der Waals surface area contributed by atoms with Crippen LogP contribution in [0.1, 0.15) is 57.6 Å². The van der Waals surface area contributed by atoms with E-state index in [1.54, 1.807) is 0 Å². The van der Waals surface area contributed by atoms with Crippen molar-refractivity contribution in [2.24, 2.45) is 11.3 Å². The molecule has 0 N–H and O–H groups in total. The lowest BCUT2D eigenvalue weighted by molar-refractivity contribution is -0.126. The van der Waals surface area contributed by atoms with E-state index < -0.39 is 0 Å². The molecule has 3 aliphatic rings. The van der Waals surface area contributed by atoms with E-state index in [9.17, 15) is 4.79 Å². The summed E-state index contributed by atoms with van der Waals surface area (Å²) in [5, 5.41) is 0. The van der Waals surface area contributed by atoms with Gasteiger partial charge in [0, 0.05) is 29.5 Å². The lowest BCUT2D eigenvalue weighted by atomic mass is 9.52. The average molecular weight is 360 g/mol. The SMILES string of the molecule is C[C@@H]1CCCC23CC(=O)C(C)(C)C12N(Cc1ccccc1)c1ccccc13. The number of carbonyl (C=O) groups excluding carboxylic acids is 1. The molecule has 0 bridgehead atoms. The molecule has 2 fully saturated rings. The predicted octanol–water partition coefficient (Wildman–Crippen LogP) is 5.50. The van der Waals surface area contributed by atoms with Gasteiger partial charge in [-0.2, -0.15) is 0 Å². The molecule has 1 aliphatic heterocycles. The molecule has 2 heteroatoms. The maximum atomic E-state index is 13.4. The molecule has 2 nitrogen and oxygen atoms in total. The third-order valence-corrected chi connectivity index (χ3v) is 8.12. The van der Waals surface area contributed by atoms with Crippen LogP contribution in [0.3, 0.4) is 0 Å². The number of nitrogens with zero attached hydrogens (tertiary/aromatic N) is 1. The molecule has 2 aliphatic carbocycles. The Balaban J connectivity index is 1.80. The molecule has 2 aromatic rings. The summed E-state index contributed by atoms with van der Waals surface area (Å²) in [6.45, 7) is 7.73. The second kappa shape index (κ2) is 5.47. The number of rotatable bonds is 2. The van der Waals surface area contributed by atoms with E-state index in [1.807, 2.05) is 0 Å². The van der Waals surface area contributed by atoms with Gasteiger partial charge in [-0.15, -0.1) is 0 Å². The van der Waals surface area contributed by atoms with Crippen LogP contribution in [0.25, 0.3) is 0 Å². The van der Waals surface area contributed by atoms with E-state index in [2.05, 4.69) is 80.3 Å². The zero-order valence-corrected chi connectivity index (χ0v) is 16.7. The van der Waals surface area contributed by atoms with E-state index >= 15 is 0 Å². The molecule has 1 heterocycles.